The van der Waals surface area contributed by atoms with Crippen LogP contribution in [0.25, 0.3) is 77.6 Å². The molecule has 0 saturated heterocycles. The Hall–Kier alpha value is -6.38. The minimum atomic E-state index is 0.365. The standard InChI is InChI=1S/C50H39N5/c1-51-41-14-8-13-38(27-41)48-52-47(37-12-7-11-36(26-37)35-9-3-2-4-10-35)53-49(54-48)39-17-22-44-43-15-5-6-16-45(43)55(46(44)28-39)42-20-18-40(19-21-42)50-29-32-23-33(30-50)25-34(24-32)31-50/h2-22,26-28,32-34H,23-25,29-31H2. The Morgan fingerprint density at radius 2 is 1.05 bits per heavy atom. The van der Waals surface area contributed by atoms with Crippen LogP contribution in [0, 0.1) is 24.3 Å². The summed E-state index contributed by atoms with van der Waals surface area (Å²) < 4.78 is 2.41. The number of benzene rings is 6. The lowest BCUT2D eigenvalue weighted by molar-refractivity contribution is -0.00518. The van der Waals surface area contributed by atoms with Gasteiger partial charge in [0.05, 0.1) is 17.6 Å². The zero-order chi connectivity index (χ0) is 36.5. The largest absolute Gasteiger partial charge is 0.309 e. The Bertz CT molecular complexity index is 2770. The fourth-order valence-corrected chi connectivity index (χ4v) is 10.8. The van der Waals surface area contributed by atoms with Gasteiger partial charge in [0.1, 0.15) is 0 Å². The van der Waals surface area contributed by atoms with Crippen molar-refractivity contribution < 1.29 is 0 Å². The van der Waals surface area contributed by atoms with E-state index in [4.69, 9.17) is 21.5 Å². The Morgan fingerprint density at radius 1 is 0.491 bits per heavy atom. The lowest BCUT2D eigenvalue weighted by atomic mass is 9.48. The summed E-state index contributed by atoms with van der Waals surface area (Å²) in [4.78, 5) is 18.9. The predicted molar refractivity (Wildman–Crippen MR) is 222 cm³/mol. The van der Waals surface area contributed by atoms with Crippen LogP contribution in [0.3, 0.4) is 0 Å². The minimum Gasteiger partial charge on any atom is -0.309 e. The van der Waals surface area contributed by atoms with Crippen molar-refractivity contribution in [2.24, 2.45) is 17.8 Å². The van der Waals surface area contributed by atoms with Gasteiger partial charge >= 0.3 is 0 Å². The van der Waals surface area contributed by atoms with Crippen LogP contribution >= 0.6 is 0 Å². The van der Waals surface area contributed by atoms with Crippen molar-refractivity contribution in [1.82, 2.24) is 19.5 Å². The maximum absolute atomic E-state index is 7.65. The molecule has 4 fully saturated rings. The van der Waals surface area contributed by atoms with Crippen LogP contribution in [0.4, 0.5) is 5.69 Å². The van der Waals surface area contributed by atoms with Crippen LogP contribution in [0.2, 0.25) is 0 Å². The number of rotatable bonds is 6. The summed E-state index contributed by atoms with van der Waals surface area (Å²) >= 11 is 0. The lowest BCUT2D eigenvalue weighted by Crippen LogP contribution is -2.48. The first kappa shape index (κ1) is 32.1. The van der Waals surface area contributed by atoms with E-state index < -0.39 is 0 Å². The van der Waals surface area contributed by atoms with E-state index in [0.717, 1.165) is 51.1 Å². The zero-order valence-electron chi connectivity index (χ0n) is 30.6. The smallest absolute Gasteiger partial charge is 0.187 e. The maximum Gasteiger partial charge on any atom is 0.187 e. The third-order valence-corrected chi connectivity index (χ3v) is 12.8. The molecule has 4 bridgehead atoms. The second-order valence-corrected chi connectivity index (χ2v) is 16.2. The van der Waals surface area contributed by atoms with Gasteiger partial charge in [-0.1, -0.05) is 109 Å². The summed E-state index contributed by atoms with van der Waals surface area (Å²) in [6.45, 7) is 7.65. The topological polar surface area (TPSA) is 48.0 Å². The van der Waals surface area contributed by atoms with E-state index in [0.29, 0.717) is 28.6 Å². The van der Waals surface area contributed by atoms with E-state index in [9.17, 15) is 0 Å². The number of para-hydroxylation sites is 1. The molecule has 6 aromatic carbocycles. The number of nitrogens with zero attached hydrogens (tertiary/aromatic N) is 5. The summed E-state index contributed by atoms with van der Waals surface area (Å²) in [5.74, 6) is 4.48. The molecule has 4 aliphatic rings. The first-order chi connectivity index (χ1) is 27.1. The lowest BCUT2D eigenvalue weighted by Gasteiger charge is -2.57. The fourth-order valence-electron chi connectivity index (χ4n) is 10.8. The molecule has 12 rings (SSSR count). The molecular weight excluding hydrogens is 671 g/mol. The van der Waals surface area contributed by atoms with Crippen molar-refractivity contribution in [3.8, 4) is 51.0 Å². The van der Waals surface area contributed by atoms with Gasteiger partial charge in [-0.05, 0) is 115 Å². The quantitative estimate of drug-likeness (QED) is 0.162. The van der Waals surface area contributed by atoms with Gasteiger partial charge in [0, 0.05) is 33.2 Å². The molecule has 0 spiro atoms. The average molecular weight is 710 g/mol. The van der Waals surface area contributed by atoms with Gasteiger partial charge in [-0.15, -0.1) is 0 Å². The number of aromatic nitrogens is 4. The normalized spacial score (nSPS) is 21.3. The van der Waals surface area contributed by atoms with E-state index in [2.05, 4.69) is 125 Å². The van der Waals surface area contributed by atoms with Crippen molar-refractivity contribution in [2.75, 3.05) is 0 Å². The van der Waals surface area contributed by atoms with Crippen LogP contribution in [0.1, 0.15) is 44.1 Å². The van der Waals surface area contributed by atoms with Gasteiger partial charge in [-0.25, -0.2) is 19.8 Å². The monoisotopic (exact) mass is 709 g/mol. The molecule has 2 aromatic heterocycles. The highest BCUT2D eigenvalue weighted by molar-refractivity contribution is 6.10. The number of fused-ring (bicyclic) bond motifs is 3. The fraction of sp³-hybridized carbons (Fsp3) is 0.200. The molecule has 0 amide bonds. The van der Waals surface area contributed by atoms with Gasteiger partial charge < -0.3 is 4.57 Å². The van der Waals surface area contributed by atoms with Gasteiger partial charge in [-0.2, -0.15) is 0 Å². The van der Waals surface area contributed by atoms with Crippen LogP contribution in [-0.4, -0.2) is 19.5 Å². The molecule has 0 aliphatic heterocycles. The molecule has 0 radical (unpaired) electrons. The predicted octanol–water partition coefficient (Wildman–Crippen LogP) is 12.7. The highest BCUT2D eigenvalue weighted by Gasteiger charge is 2.51. The molecule has 5 heteroatoms. The van der Waals surface area contributed by atoms with Crippen molar-refractivity contribution in [2.45, 2.75) is 43.9 Å². The summed E-state index contributed by atoms with van der Waals surface area (Å²) in [7, 11) is 0. The summed E-state index contributed by atoms with van der Waals surface area (Å²) in [6, 6.07) is 51.1. The highest BCUT2D eigenvalue weighted by atomic mass is 15.0. The molecule has 55 heavy (non-hydrogen) atoms. The minimum absolute atomic E-state index is 0.365. The third kappa shape index (κ3) is 5.47. The first-order valence-corrected chi connectivity index (χ1v) is 19.6. The maximum atomic E-state index is 7.65. The molecule has 4 saturated carbocycles. The first-order valence-electron chi connectivity index (χ1n) is 19.6. The highest BCUT2D eigenvalue weighted by Crippen LogP contribution is 2.60. The van der Waals surface area contributed by atoms with Gasteiger partial charge in [-0.3, -0.25) is 0 Å². The molecule has 4 aliphatic carbocycles. The van der Waals surface area contributed by atoms with Crippen molar-refractivity contribution in [3.63, 3.8) is 0 Å². The van der Waals surface area contributed by atoms with Crippen LogP contribution in [0.5, 0.6) is 0 Å². The number of hydrogen-bond donors (Lipinski definition) is 0. The van der Waals surface area contributed by atoms with Gasteiger partial charge in [0.15, 0.2) is 23.2 Å². The molecular formula is C50H39N5. The van der Waals surface area contributed by atoms with E-state index in [1.54, 1.807) is 5.56 Å². The summed E-state index contributed by atoms with van der Waals surface area (Å²) in [6.07, 6.45) is 8.47. The van der Waals surface area contributed by atoms with Gasteiger partial charge in [0.2, 0.25) is 0 Å². The Morgan fingerprint density at radius 3 is 1.75 bits per heavy atom. The van der Waals surface area contributed by atoms with E-state index >= 15 is 0 Å². The van der Waals surface area contributed by atoms with Crippen LogP contribution in [-0.2, 0) is 5.41 Å². The second-order valence-electron chi connectivity index (χ2n) is 16.2. The second kappa shape index (κ2) is 12.6. The molecule has 5 nitrogen and oxygen atoms in total. The van der Waals surface area contributed by atoms with Crippen LogP contribution in [0.15, 0.2) is 146 Å². The van der Waals surface area contributed by atoms with Crippen LogP contribution < -0.4 is 0 Å². The SMILES string of the molecule is [C-]#[N+]c1cccc(-c2nc(-c3cccc(-c4ccccc4)c3)nc(-c3ccc4c5ccccc5n(-c5ccc(C67CC8CC(CC(C8)C6)C7)cc5)c4c3)n2)c1. The average Bonchev–Trinajstić information content (AvgIpc) is 3.57. The zero-order valence-corrected chi connectivity index (χ0v) is 30.6. The van der Waals surface area contributed by atoms with Crippen molar-refractivity contribution in [3.05, 3.63) is 163 Å². The molecule has 0 N–H and O–H groups in total. The third-order valence-electron chi connectivity index (χ3n) is 12.8. The molecule has 0 unspecified atom stereocenters. The summed E-state index contributed by atoms with van der Waals surface area (Å²) in [5.41, 5.74) is 10.7. The Balaban J connectivity index is 1.05. The van der Waals surface area contributed by atoms with E-state index in [-0.39, 0.29) is 0 Å². The molecule has 0 atom stereocenters. The molecule has 2 heterocycles. The molecule has 264 valence electrons. The van der Waals surface area contributed by atoms with E-state index in [1.807, 2.05) is 30.3 Å². The Kier molecular flexibility index (Phi) is 7.35. The van der Waals surface area contributed by atoms with Crippen molar-refractivity contribution >= 4 is 27.5 Å². The van der Waals surface area contributed by atoms with E-state index in [1.165, 1.54) is 60.5 Å². The Labute approximate surface area is 321 Å². The van der Waals surface area contributed by atoms with Crippen molar-refractivity contribution in [1.29, 1.82) is 0 Å². The summed E-state index contributed by atoms with van der Waals surface area (Å²) in [5, 5.41) is 2.42. The number of hydrogen-bond acceptors (Lipinski definition) is 3. The van der Waals surface area contributed by atoms with Gasteiger partial charge in [0.25, 0.3) is 0 Å². The molecule has 8 aromatic rings.